The van der Waals surface area contributed by atoms with Gasteiger partial charge in [0, 0.05) is 17.6 Å². The van der Waals surface area contributed by atoms with Crippen LogP contribution in [0.25, 0.3) is 0 Å². The number of para-hydroxylation sites is 1. The van der Waals surface area contributed by atoms with E-state index < -0.39 is 0 Å². The molecule has 20 heavy (non-hydrogen) atoms. The SMILES string of the molecule is Cc1ccccc1NC(=O)C(C)N(C)CC1(C)COC1. The largest absolute Gasteiger partial charge is 0.380 e. The highest BCUT2D eigenvalue weighted by atomic mass is 16.5. The van der Waals surface area contributed by atoms with Crippen molar-refractivity contribution in [3.63, 3.8) is 0 Å². The lowest BCUT2D eigenvalue weighted by atomic mass is 9.88. The van der Waals surface area contributed by atoms with E-state index in [1.54, 1.807) is 0 Å². The van der Waals surface area contributed by atoms with Crippen LogP contribution in [0, 0.1) is 12.3 Å². The van der Waals surface area contributed by atoms with Crippen LogP contribution in [-0.4, -0.2) is 43.7 Å². The maximum atomic E-state index is 12.3. The van der Waals surface area contributed by atoms with E-state index in [-0.39, 0.29) is 17.4 Å². The van der Waals surface area contributed by atoms with E-state index in [2.05, 4.69) is 17.1 Å². The molecule has 1 saturated heterocycles. The van der Waals surface area contributed by atoms with E-state index in [9.17, 15) is 4.79 Å². The Balaban J connectivity index is 1.93. The molecule has 1 fully saturated rings. The molecule has 1 aliphatic heterocycles. The van der Waals surface area contributed by atoms with Gasteiger partial charge in [0.25, 0.3) is 0 Å². The van der Waals surface area contributed by atoms with Gasteiger partial charge in [-0.2, -0.15) is 0 Å². The number of nitrogens with one attached hydrogen (secondary N) is 1. The van der Waals surface area contributed by atoms with Crippen molar-refractivity contribution in [1.82, 2.24) is 4.90 Å². The van der Waals surface area contributed by atoms with Gasteiger partial charge in [-0.1, -0.05) is 25.1 Å². The van der Waals surface area contributed by atoms with Crippen LogP contribution in [0.1, 0.15) is 19.4 Å². The third-order valence-corrected chi connectivity index (χ3v) is 3.98. The third-order valence-electron chi connectivity index (χ3n) is 3.98. The van der Waals surface area contributed by atoms with Gasteiger partial charge in [-0.15, -0.1) is 0 Å². The fourth-order valence-corrected chi connectivity index (χ4v) is 2.43. The number of amides is 1. The van der Waals surface area contributed by atoms with Crippen LogP contribution in [0.15, 0.2) is 24.3 Å². The number of carbonyl (C=O) groups excluding carboxylic acids is 1. The van der Waals surface area contributed by atoms with Crippen LogP contribution in [0.3, 0.4) is 0 Å². The molecule has 4 nitrogen and oxygen atoms in total. The molecule has 1 aliphatic rings. The van der Waals surface area contributed by atoms with Crippen LogP contribution in [0.5, 0.6) is 0 Å². The molecule has 1 N–H and O–H groups in total. The Morgan fingerprint density at radius 1 is 1.45 bits per heavy atom. The Bertz CT molecular complexity index is 483. The van der Waals surface area contributed by atoms with Crippen molar-refractivity contribution < 1.29 is 9.53 Å². The molecule has 0 aliphatic carbocycles. The first kappa shape index (κ1) is 15.0. The van der Waals surface area contributed by atoms with Crippen LogP contribution >= 0.6 is 0 Å². The lowest BCUT2D eigenvalue weighted by Gasteiger charge is -2.42. The van der Waals surface area contributed by atoms with Crippen molar-refractivity contribution in [1.29, 1.82) is 0 Å². The minimum Gasteiger partial charge on any atom is -0.380 e. The number of hydrogen-bond donors (Lipinski definition) is 1. The molecule has 2 rings (SSSR count). The second kappa shape index (κ2) is 5.94. The second-order valence-corrected chi connectivity index (χ2v) is 6.20. The summed E-state index contributed by atoms with van der Waals surface area (Å²) in [6, 6.07) is 7.67. The topological polar surface area (TPSA) is 41.6 Å². The predicted octanol–water partition coefficient (Wildman–Crippen LogP) is 2.29. The molecular weight excluding hydrogens is 252 g/mol. The number of anilines is 1. The summed E-state index contributed by atoms with van der Waals surface area (Å²) in [5.41, 5.74) is 2.15. The molecule has 4 heteroatoms. The fourth-order valence-electron chi connectivity index (χ4n) is 2.43. The van der Waals surface area contributed by atoms with Crippen molar-refractivity contribution >= 4 is 11.6 Å². The van der Waals surface area contributed by atoms with Crippen LogP contribution in [0.2, 0.25) is 0 Å². The molecule has 0 spiro atoms. The van der Waals surface area contributed by atoms with Crippen molar-refractivity contribution in [2.24, 2.45) is 5.41 Å². The summed E-state index contributed by atoms with van der Waals surface area (Å²) in [5.74, 6) is 0.0330. The van der Waals surface area contributed by atoms with Crippen LogP contribution in [0.4, 0.5) is 5.69 Å². The molecule has 1 unspecified atom stereocenters. The van der Waals surface area contributed by atoms with Crippen molar-refractivity contribution in [3.8, 4) is 0 Å². The molecule has 1 atom stereocenters. The van der Waals surface area contributed by atoms with Crippen LogP contribution < -0.4 is 5.32 Å². The smallest absolute Gasteiger partial charge is 0.241 e. The van der Waals surface area contributed by atoms with Crippen molar-refractivity contribution in [3.05, 3.63) is 29.8 Å². The highest BCUT2D eigenvalue weighted by molar-refractivity contribution is 5.95. The van der Waals surface area contributed by atoms with Gasteiger partial charge in [-0.25, -0.2) is 0 Å². The lowest BCUT2D eigenvalue weighted by Crippen LogP contribution is -2.51. The Morgan fingerprint density at radius 3 is 2.65 bits per heavy atom. The predicted molar refractivity (Wildman–Crippen MR) is 80.8 cm³/mol. The zero-order valence-corrected chi connectivity index (χ0v) is 12.8. The summed E-state index contributed by atoms with van der Waals surface area (Å²) in [4.78, 5) is 14.4. The first-order valence-corrected chi connectivity index (χ1v) is 7.06. The number of aryl methyl sites for hydroxylation is 1. The van der Waals surface area contributed by atoms with Gasteiger partial charge in [0.05, 0.1) is 19.3 Å². The minimum atomic E-state index is -0.160. The van der Waals surface area contributed by atoms with Gasteiger partial charge < -0.3 is 10.1 Å². The molecule has 110 valence electrons. The van der Waals surface area contributed by atoms with E-state index in [4.69, 9.17) is 4.74 Å². The Labute approximate surface area is 121 Å². The summed E-state index contributed by atoms with van der Waals surface area (Å²) in [6.45, 7) is 8.56. The van der Waals surface area contributed by atoms with Gasteiger partial charge in [-0.3, -0.25) is 9.69 Å². The number of ether oxygens (including phenoxy) is 1. The average molecular weight is 276 g/mol. The van der Waals surface area contributed by atoms with Crippen molar-refractivity contribution in [2.45, 2.75) is 26.8 Å². The summed E-state index contributed by atoms with van der Waals surface area (Å²) >= 11 is 0. The molecular formula is C16H24N2O2. The van der Waals surface area contributed by atoms with Crippen LogP contribution in [-0.2, 0) is 9.53 Å². The number of carbonyl (C=O) groups is 1. The van der Waals surface area contributed by atoms with Gasteiger partial charge in [0.15, 0.2) is 0 Å². The minimum absolute atomic E-state index is 0.0330. The number of hydrogen-bond acceptors (Lipinski definition) is 3. The standard InChI is InChI=1S/C16H24N2O2/c1-12-7-5-6-8-14(12)17-15(19)13(2)18(4)9-16(3)10-20-11-16/h5-8,13H,9-11H2,1-4H3,(H,17,19). The molecule has 1 aromatic rings. The quantitative estimate of drug-likeness (QED) is 0.897. The number of likely N-dealkylation sites (N-methyl/N-ethyl adjacent to an activating group) is 1. The third kappa shape index (κ3) is 3.38. The first-order chi connectivity index (χ1) is 9.41. The van der Waals surface area contributed by atoms with E-state index in [1.165, 1.54) is 0 Å². The number of rotatable bonds is 5. The Hall–Kier alpha value is -1.39. The zero-order valence-electron chi connectivity index (χ0n) is 12.8. The van der Waals surface area contributed by atoms with Gasteiger partial charge in [0.1, 0.15) is 0 Å². The van der Waals surface area contributed by atoms with Crippen molar-refractivity contribution in [2.75, 3.05) is 32.1 Å². The monoisotopic (exact) mass is 276 g/mol. The molecule has 1 heterocycles. The first-order valence-electron chi connectivity index (χ1n) is 7.06. The normalized spacial score (nSPS) is 18.4. The second-order valence-electron chi connectivity index (χ2n) is 6.20. The van der Waals surface area contributed by atoms with Gasteiger partial charge >= 0.3 is 0 Å². The summed E-state index contributed by atoms with van der Waals surface area (Å²) in [6.07, 6.45) is 0. The Morgan fingerprint density at radius 2 is 2.10 bits per heavy atom. The Kier molecular flexibility index (Phi) is 4.45. The lowest BCUT2D eigenvalue weighted by molar-refractivity contribution is -0.129. The van der Waals surface area contributed by atoms with Gasteiger partial charge in [-0.05, 0) is 32.5 Å². The average Bonchev–Trinajstić information content (AvgIpc) is 2.38. The molecule has 0 radical (unpaired) electrons. The maximum absolute atomic E-state index is 12.3. The fraction of sp³-hybridized carbons (Fsp3) is 0.562. The highest BCUT2D eigenvalue weighted by Crippen LogP contribution is 2.27. The zero-order chi connectivity index (χ0) is 14.8. The summed E-state index contributed by atoms with van der Waals surface area (Å²) < 4.78 is 5.26. The number of nitrogens with zero attached hydrogens (tertiary/aromatic N) is 1. The number of benzene rings is 1. The van der Waals surface area contributed by atoms with E-state index in [0.29, 0.717) is 0 Å². The molecule has 0 saturated carbocycles. The molecule has 0 aromatic heterocycles. The van der Waals surface area contributed by atoms with Gasteiger partial charge in [0.2, 0.25) is 5.91 Å². The molecule has 0 bridgehead atoms. The highest BCUT2D eigenvalue weighted by Gasteiger charge is 2.36. The molecule has 1 aromatic carbocycles. The van der Waals surface area contributed by atoms with E-state index >= 15 is 0 Å². The molecule has 1 amide bonds. The maximum Gasteiger partial charge on any atom is 0.241 e. The summed E-state index contributed by atoms with van der Waals surface area (Å²) in [7, 11) is 1.99. The summed E-state index contributed by atoms with van der Waals surface area (Å²) in [5, 5.41) is 3.00. The van der Waals surface area contributed by atoms with E-state index in [0.717, 1.165) is 31.0 Å². The van der Waals surface area contributed by atoms with E-state index in [1.807, 2.05) is 45.2 Å².